The van der Waals surface area contributed by atoms with Crippen molar-refractivity contribution >= 4 is 5.91 Å². The van der Waals surface area contributed by atoms with Crippen molar-refractivity contribution in [3.8, 4) is 0 Å². The lowest BCUT2D eigenvalue weighted by atomic mass is 9.87. The van der Waals surface area contributed by atoms with E-state index in [9.17, 15) is 9.90 Å². The molecule has 1 saturated carbocycles. The van der Waals surface area contributed by atoms with Crippen molar-refractivity contribution in [2.45, 2.75) is 65.4 Å². The molecule has 1 rings (SSSR count). The van der Waals surface area contributed by atoms with Gasteiger partial charge in [0.1, 0.15) is 0 Å². The van der Waals surface area contributed by atoms with Crippen LogP contribution in [0.3, 0.4) is 0 Å². The highest BCUT2D eigenvalue weighted by Crippen LogP contribution is 2.37. The molecular formula is C14H27NO2. The molecule has 2 N–H and O–H groups in total. The first-order valence-corrected chi connectivity index (χ1v) is 6.76. The van der Waals surface area contributed by atoms with E-state index in [0.717, 1.165) is 25.7 Å². The van der Waals surface area contributed by atoms with Gasteiger partial charge in [0.15, 0.2) is 0 Å². The molecule has 1 unspecified atom stereocenters. The Morgan fingerprint density at radius 3 is 2.41 bits per heavy atom. The average Bonchev–Trinajstić information content (AvgIpc) is 2.61. The lowest BCUT2D eigenvalue weighted by Gasteiger charge is -2.29. The van der Waals surface area contributed by atoms with Crippen LogP contribution < -0.4 is 5.32 Å². The summed E-state index contributed by atoms with van der Waals surface area (Å²) in [5.41, 5.74) is -0.993. The molecular weight excluding hydrogens is 214 g/mol. The fraction of sp³-hybridized carbons (Fsp3) is 0.929. The summed E-state index contributed by atoms with van der Waals surface area (Å²) in [7, 11) is 0. The molecule has 0 spiro atoms. The third kappa shape index (κ3) is 4.30. The van der Waals surface area contributed by atoms with Gasteiger partial charge >= 0.3 is 0 Å². The predicted octanol–water partition coefficient (Wildman–Crippen LogP) is 2.48. The van der Waals surface area contributed by atoms with E-state index in [1.54, 1.807) is 6.92 Å². The zero-order valence-corrected chi connectivity index (χ0v) is 11.7. The van der Waals surface area contributed by atoms with Gasteiger partial charge in [-0.25, -0.2) is 0 Å². The number of carbonyl (C=O) groups is 1. The molecule has 0 heterocycles. The largest absolute Gasteiger partial charge is 0.388 e. The predicted molar refractivity (Wildman–Crippen MR) is 69.7 cm³/mol. The Hall–Kier alpha value is -0.570. The molecule has 0 aliphatic heterocycles. The molecule has 0 aromatic heterocycles. The quantitative estimate of drug-likeness (QED) is 0.777. The molecule has 0 aromatic carbocycles. The van der Waals surface area contributed by atoms with Crippen molar-refractivity contribution in [2.24, 2.45) is 11.3 Å². The summed E-state index contributed by atoms with van der Waals surface area (Å²) in [6.45, 7) is 8.35. The van der Waals surface area contributed by atoms with E-state index in [1.165, 1.54) is 0 Å². The number of nitrogens with one attached hydrogen (secondary N) is 1. The van der Waals surface area contributed by atoms with Crippen LogP contribution in [0.2, 0.25) is 0 Å². The molecule has 0 aromatic rings. The van der Waals surface area contributed by atoms with E-state index >= 15 is 0 Å². The van der Waals surface area contributed by atoms with Crippen LogP contribution in [-0.4, -0.2) is 23.2 Å². The maximum absolute atomic E-state index is 12.1. The number of carbonyl (C=O) groups excluding carboxylic acids is 1. The molecule has 1 atom stereocenters. The van der Waals surface area contributed by atoms with Crippen molar-refractivity contribution in [1.29, 1.82) is 0 Å². The van der Waals surface area contributed by atoms with Crippen LogP contribution >= 0.6 is 0 Å². The molecule has 0 radical (unpaired) electrons. The summed E-state index contributed by atoms with van der Waals surface area (Å²) < 4.78 is 0. The Labute approximate surface area is 105 Å². The van der Waals surface area contributed by atoms with E-state index in [4.69, 9.17) is 0 Å². The number of hydrogen-bond donors (Lipinski definition) is 2. The van der Waals surface area contributed by atoms with E-state index in [2.05, 4.69) is 19.2 Å². The smallest absolute Gasteiger partial charge is 0.226 e. The molecule has 1 fully saturated rings. The van der Waals surface area contributed by atoms with Gasteiger partial charge in [0, 0.05) is 12.0 Å². The minimum Gasteiger partial charge on any atom is -0.388 e. The van der Waals surface area contributed by atoms with Crippen LogP contribution in [0.25, 0.3) is 0 Å². The molecule has 1 amide bonds. The summed E-state index contributed by atoms with van der Waals surface area (Å²) in [5, 5.41) is 13.1. The number of rotatable bonds is 5. The molecule has 1 aliphatic rings. The minimum absolute atomic E-state index is 0.110. The maximum atomic E-state index is 12.1. The van der Waals surface area contributed by atoms with E-state index in [-0.39, 0.29) is 11.3 Å². The highest BCUT2D eigenvalue weighted by Gasteiger charge is 2.36. The summed E-state index contributed by atoms with van der Waals surface area (Å²) in [4.78, 5) is 12.1. The van der Waals surface area contributed by atoms with Crippen molar-refractivity contribution in [1.82, 2.24) is 5.32 Å². The van der Waals surface area contributed by atoms with Crippen LogP contribution in [0.15, 0.2) is 0 Å². The third-order valence-electron chi connectivity index (χ3n) is 3.73. The minimum atomic E-state index is -0.793. The number of amides is 1. The third-order valence-corrected chi connectivity index (χ3v) is 3.73. The summed E-state index contributed by atoms with van der Waals surface area (Å²) in [5.74, 6) is 0.544. The van der Waals surface area contributed by atoms with Crippen molar-refractivity contribution in [3.63, 3.8) is 0 Å². The van der Waals surface area contributed by atoms with Crippen molar-refractivity contribution in [2.75, 3.05) is 6.54 Å². The van der Waals surface area contributed by atoms with Gasteiger partial charge < -0.3 is 10.4 Å². The summed E-state index contributed by atoms with van der Waals surface area (Å²) in [6.07, 6.45) is 4.96. The first-order chi connectivity index (χ1) is 7.75. The Morgan fingerprint density at radius 2 is 1.94 bits per heavy atom. The molecule has 3 nitrogen and oxygen atoms in total. The first kappa shape index (κ1) is 14.5. The van der Waals surface area contributed by atoms with Crippen LogP contribution in [0, 0.1) is 11.3 Å². The molecule has 1 aliphatic carbocycles. The van der Waals surface area contributed by atoms with Crippen LogP contribution in [0.1, 0.15) is 59.8 Å². The van der Waals surface area contributed by atoms with Gasteiger partial charge in [-0.05, 0) is 32.1 Å². The van der Waals surface area contributed by atoms with Gasteiger partial charge in [0.25, 0.3) is 0 Å². The zero-order chi connectivity index (χ0) is 13.1. The molecule has 17 heavy (non-hydrogen) atoms. The van der Waals surface area contributed by atoms with Gasteiger partial charge in [-0.1, -0.05) is 33.6 Å². The van der Waals surface area contributed by atoms with Gasteiger partial charge in [0.2, 0.25) is 5.91 Å². The second-order valence-electron chi connectivity index (χ2n) is 6.55. The zero-order valence-electron chi connectivity index (χ0n) is 11.7. The Morgan fingerprint density at radius 1 is 1.41 bits per heavy atom. The lowest BCUT2D eigenvalue weighted by Crippen LogP contribution is -2.46. The topological polar surface area (TPSA) is 49.3 Å². The van der Waals surface area contributed by atoms with Gasteiger partial charge in [-0.15, -0.1) is 0 Å². The van der Waals surface area contributed by atoms with Crippen LogP contribution in [0.5, 0.6) is 0 Å². The van der Waals surface area contributed by atoms with E-state index in [0.29, 0.717) is 18.9 Å². The van der Waals surface area contributed by atoms with E-state index in [1.807, 2.05) is 6.92 Å². The molecule has 0 saturated heterocycles. The number of aliphatic hydroxyl groups is 1. The summed E-state index contributed by atoms with van der Waals surface area (Å²) in [6, 6.07) is 0. The van der Waals surface area contributed by atoms with E-state index < -0.39 is 5.60 Å². The maximum Gasteiger partial charge on any atom is 0.226 e. The molecule has 0 bridgehead atoms. The highest BCUT2D eigenvalue weighted by atomic mass is 16.3. The monoisotopic (exact) mass is 241 g/mol. The van der Waals surface area contributed by atoms with Gasteiger partial charge in [-0.2, -0.15) is 0 Å². The standard InChI is InChI=1S/C14H27NO2/c1-11(2)9-14(4,17)10-15-12(16)13(3)7-5-6-8-13/h11,17H,5-10H2,1-4H3,(H,15,16). The van der Waals surface area contributed by atoms with Crippen LogP contribution in [-0.2, 0) is 4.79 Å². The summed E-state index contributed by atoms with van der Waals surface area (Å²) >= 11 is 0. The number of hydrogen-bond acceptors (Lipinski definition) is 2. The molecule has 100 valence electrons. The van der Waals surface area contributed by atoms with Gasteiger partial charge in [-0.3, -0.25) is 4.79 Å². The Bertz CT molecular complexity index is 265. The fourth-order valence-corrected chi connectivity index (χ4v) is 2.82. The second-order valence-corrected chi connectivity index (χ2v) is 6.55. The lowest BCUT2D eigenvalue weighted by molar-refractivity contribution is -0.131. The SMILES string of the molecule is CC(C)CC(C)(O)CNC(=O)C1(C)CCCC1. The van der Waals surface area contributed by atoms with Crippen LogP contribution in [0.4, 0.5) is 0 Å². The molecule has 3 heteroatoms. The Balaban J connectivity index is 2.42. The average molecular weight is 241 g/mol. The first-order valence-electron chi connectivity index (χ1n) is 6.76. The van der Waals surface area contributed by atoms with Crippen molar-refractivity contribution in [3.05, 3.63) is 0 Å². The van der Waals surface area contributed by atoms with Crippen molar-refractivity contribution < 1.29 is 9.90 Å². The Kier molecular flexibility index (Phi) is 4.59. The fourth-order valence-electron chi connectivity index (χ4n) is 2.82. The highest BCUT2D eigenvalue weighted by molar-refractivity contribution is 5.82. The van der Waals surface area contributed by atoms with Gasteiger partial charge in [0.05, 0.1) is 5.60 Å². The second kappa shape index (κ2) is 5.38. The normalized spacial score (nSPS) is 22.5.